The van der Waals surface area contributed by atoms with E-state index in [0.717, 1.165) is 24.0 Å². The molecule has 0 atom stereocenters. The van der Waals surface area contributed by atoms with Crippen LogP contribution in [-0.4, -0.2) is 0 Å². The number of hydrogen-bond acceptors (Lipinski definition) is 1. The van der Waals surface area contributed by atoms with Crippen LogP contribution in [0, 0.1) is 37.9 Å². The van der Waals surface area contributed by atoms with Gasteiger partial charge in [0.1, 0.15) is 5.82 Å². The molecule has 0 bridgehead atoms. The Morgan fingerprint density at radius 3 is 2.33 bits per heavy atom. The Bertz CT molecular complexity index is 438. The van der Waals surface area contributed by atoms with Crippen LogP contribution >= 0.6 is 0 Å². The highest BCUT2D eigenvalue weighted by atomic mass is 19.1. The summed E-state index contributed by atoms with van der Waals surface area (Å²) in [4.78, 5) is 0. The zero-order valence-corrected chi connectivity index (χ0v) is 9.32. The molecule has 0 heterocycles. The van der Waals surface area contributed by atoms with Crippen LogP contribution in [0.5, 0.6) is 0 Å². The highest BCUT2D eigenvalue weighted by Crippen LogP contribution is 2.50. The number of hydrogen-bond donors (Lipinski definition) is 0. The van der Waals surface area contributed by atoms with Gasteiger partial charge in [0.25, 0.3) is 0 Å². The summed E-state index contributed by atoms with van der Waals surface area (Å²) < 4.78 is 14.0. The van der Waals surface area contributed by atoms with Gasteiger partial charge < -0.3 is 0 Å². The molecule has 2 heteroatoms. The summed E-state index contributed by atoms with van der Waals surface area (Å²) in [5.41, 5.74) is 2.78. The van der Waals surface area contributed by atoms with E-state index in [1.165, 1.54) is 0 Å². The Kier molecular flexibility index (Phi) is 2.08. The topological polar surface area (TPSA) is 23.8 Å². The minimum absolute atomic E-state index is 0.183. The molecule has 1 aliphatic rings. The normalized spacial score (nSPS) is 17.3. The highest BCUT2D eigenvalue weighted by molar-refractivity contribution is 5.49. The van der Waals surface area contributed by atoms with Crippen LogP contribution < -0.4 is 0 Å². The van der Waals surface area contributed by atoms with Gasteiger partial charge in [-0.15, -0.1) is 0 Å². The second kappa shape index (κ2) is 3.06. The first-order valence-electron chi connectivity index (χ1n) is 5.20. The summed E-state index contributed by atoms with van der Waals surface area (Å²) in [6.45, 7) is 5.64. The van der Waals surface area contributed by atoms with Crippen molar-refractivity contribution < 1.29 is 4.39 Å². The van der Waals surface area contributed by atoms with E-state index in [0.29, 0.717) is 11.1 Å². The third-order valence-electron chi connectivity index (χ3n) is 3.41. The quantitative estimate of drug-likeness (QED) is 0.687. The third-order valence-corrected chi connectivity index (χ3v) is 3.41. The fourth-order valence-electron chi connectivity index (χ4n) is 2.17. The molecular weight excluding hydrogens is 189 g/mol. The molecule has 1 aliphatic carbocycles. The molecule has 0 radical (unpaired) electrons. The molecule has 0 amide bonds. The number of halogens is 1. The minimum atomic E-state index is -0.523. The molecule has 1 aromatic rings. The first-order chi connectivity index (χ1) is 7.02. The molecule has 2 rings (SSSR count). The third kappa shape index (κ3) is 1.34. The number of nitrogens with zero attached hydrogens (tertiary/aromatic N) is 1. The van der Waals surface area contributed by atoms with E-state index >= 15 is 0 Å². The molecule has 0 saturated heterocycles. The highest BCUT2D eigenvalue weighted by Gasteiger charge is 2.48. The van der Waals surface area contributed by atoms with Crippen molar-refractivity contribution in [2.75, 3.05) is 0 Å². The van der Waals surface area contributed by atoms with E-state index in [4.69, 9.17) is 5.26 Å². The fraction of sp³-hybridized carbons (Fsp3) is 0.462. The number of benzene rings is 1. The van der Waals surface area contributed by atoms with E-state index in [9.17, 15) is 4.39 Å². The average Bonchev–Trinajstić information content (AvgIpc) is 2.96. The van der Waals surface area contributed by atoms with Gasteiger partial charge in [-0.1, -0.05) is 6.07 Å². The van der Waals surface area contributed by atoms with Gasteiger partial charge in [-0.3, -0.25) is 0 Å². The number of rotatable bonds is 1. The molecule has 0 N–H and O–H groups in total. The number of nitriles is 1. The zero-order chi connectivity index (χ0) is 11.2. The smallest absolute Gasteiger partial charge is 0.131 e. The molecule has 78 valence electrons. The summed E-state index contributed by atoms with van der Waals surface area (Å²) in [6, 6.07) is 4.11. The zero-order valence-electron chi connectivity index (χ0n) is 9.32. The van der Waals surface area contributed by atoms with Crippen LogP contribution in [0.1, 0.15) is 35.1 Å². The average molecular weight is 203 g/mol. The summed E-state index contributed by atoms with van der Waals surface area (Å²) >= 11 is 0. The largest absolute Gasteiger partial charge is 0.206 e. The van der Waals surface area contributed by atoms with Crippen molar-refractivity contribution in [3.05, 3.63) is 34.1 Å². The molecule has 15 heavy (non-hydrogen) atoms. The summed E-state index contributed by atoms with van der Waals surface area (Å²) in [5.74, 6) is -0.183. The van der Waals surface area contributed by atoms with Crippen molar-refractivity contribution in [2.24, 2.45) is 0 Å². The van der Waals surface area contributed by atoms with E-state index in [-0.39, 0.29) is 5.82 Å². The standard InChI is InChI=1S/C13H14FN/c1-8-6-9(2)12(14)11(10(8)3)13(7-15)4-5-13/h6H,4-5H2,1-3H3. The molecule has 0 unspecified atom stereocenters. The molecule has 0 aromatic heterocycles. The Balaban J connectivity index is 2.71. The Morgan fingerprint density at radius 1 is 1.27 bits per heavy atom. The van der Waals surface area contributed by atoms with E-state index < -0.39 is 5.41 Å². The van der Waals surface area contributed by atoms with Gasteiger partial charge in [0.05, 0.1) is 11.5 Å². The van der Waals surface area contributed by atoms with Gasteiger partial charge in [0.2, 0.25) is 0 Å². The lowest BCUT2D eigenvalue weighted by Gasteiger charge is -2.15. The van der Waals surface area contributed by atoms with E-state index in [2.05, 4.69) is 6.07 Å². The molecule has 1 saturated carbocycles. The van der Waals surface area contributed by atoms with E-state index in [1.807, 2.05) is 19.9 Å². The molecule has 1 nitrogen and oxygen atoms in total. The fourth-order valence-corrected chi connectivity index (χ4v) is 2.17. The minimum Gasteiger partial charge on any atom is -0.206 e. The lowest BCUT2D eigenvalue weighted by atomic mass is 9.88. The van der Waals surface area contributed by atoms with Gasteiger partial charge >= 0.3 is 0 Å². The predicted octanol–water partition coefficient (Wildman–Crippen LogP) is 3.31. The van der Waals surface area contributed by atoms with Crippen molar-refractivity contribution in [1.29, 1.82) is 5.26 Å². The lowest BCUT2D eigenvalue weighted by molar-refractivity contribution is 0.587. The summed E-state index contributed by atoms with van der Waals surface area (Å²) in [6.07, 6.45) is 1.59. The van der Waals surface area contributed by atoms with Gasteiger partial charge in [-0.25, -0.2) is 4.39 Å². The van der Waals surface area contributed by atoms with Crippen LogP contribution in [-0.2, 0) is 5.41 Å². The van der Waals surface area contributed by atoms with Crippen LogP contribution in [0.2, 0.25) is 0 Å². The molecule has 0 spiro atoms. The molecular formula is C13H14FN. The van der Waals surface area contributed by atoms with Crippen LogP contribution in [0.25, 0.3) is 0 Å². The van der Waals surface area contributed by atoms with Crippen LogP contribution in [0.3, 0.4) is 0 Å². The van der Waals surface area contributed by atoms with Crippen molar-refractivity contribution in [3.63, 3.8) is 0 Å². The van der Waals surface area contributed by atoms with E-state index in [1.54, 1.807) is 6.92 Å². The van der Waals surface area contributed by atoms with Gasteiger partial charge in [0.15, 0.2) is 0 Å². The Hall–Kier alpha value is -1.36. The van der Waals surface area contributed by atoms with Crippen molar-refractivity contribution in [2.45, 2.75) is 39.0 Å². The summed E-state index contributed by atoms with van der Waals surface area (Å²) in [5, 5.41) is 9.12. The van der Waals surface area contributed by atoms with Crippen LogP contribution in [0.4, 0.5) is 4.39 Å². The van der Waals surface area contributed by atoms with Crippen molar-refractivity contribution in [1.82, 2.24) is 0 Å². The Morgan fingerprint density at radius 2 is 1.87 bits per heavy atom. The monoisotopic (exact) mass is 203 g/mol. The summed E-state index contributed by atoms with van der Waals surface area (Å²) in [7, 11) is 0. The lowest BCUT2D eigenvalue weighted by Crippen LogP contribution is -2.11. The van der Waals surface area contributed by atoms with Crippen molar-refractivity contribution >= 4 is 0 Å². The van der Waals surface area contributed by atoms with Gasteiger partial charge in [-0.2, -0.15) is 5.26 Å². The predicted molar refractivity (Wildman–Crippen MR) is 57.1 cm³/mol. The Labute approximate surface area is 89.5 Å². The SMILES string of the molecule is Cc1cc(C)c(F)c(C2(C#N)CC2)c1C. The molecule has 0 aliphatic heterocycles. The van der Waals surface area contributed by atoms with Gasteiger partial charge in [0, 0.05) is 5.56 Å². The van der Waals surface area contributed by atoms with Gasteiger partial charge in [-0.05, 0) is 50.3 Å². The maximum Gasteiger partial charge on any atom is 0.131 e. The molecule has 1 aromatic carbocycles. The maximum atomic E-state index is 14.0. The molecule has 1 fully saturated rings. The van der Waals surface area contributed by atoms with Crippen molar-refractivity contribution in [3.8, 4) is 6.07 Å². The first-order valence-corrected chi connectivity index (χ1v) is 5.20. The first kappa shape index (κ1) is 10.2. The van der Waals surface area contributed by atoms with Crippen LogP contribution in [0.15, 0.2) is 6.07 Å². The second-order valence-corrected chi connectivity index (χ2v) is 4.52. The number of aryl methyl sites for hydroxylation is 2. The second-order valence-electron chi connectivity index (χ2n) is 4.52. The maximum absolute atomic E-state index is 14.0.